The molecule has 0 saturated heterocycles. The lowest BCUT2D eigenvalue weighted by Gasteiger charge is -2.29. The number of carbonyl (C=O) groups excluding carboxylic acids is 2. The zero-order valence-corrected chi connectivity index (χ0v) is 24.3. The van der Waals surface area contributed by atoms with Crippen LogP contribution in [0.5, 0.6) is 11.5 Å². The highest BCUT2D eigenvalue weighted by Crippen LogP contribution is 2.33. The SMILES string of the molecule is CC[C@@H](CNc1ccc(OCCCC(=O)OC)cc1OC)NC(=O)[C@H](CC(C)C)N[C@@H](c1ccccc1)C(F)(F)F. The number of alkyl halides is 3. The highest BCUT2D eigenvalue weighted by Gasteiger charge is 2.43. The van der Waals surface area contributed by atoms with Crippen molar-refractivity contribution in [3.63, 3.8) is 0 Å². The van der Waals surface area contributed by atoms with Gasteiger partial charge in [0.25, 0.3) is 0 Å². The lowest BCUT2D eigenvalue weighted by atomic mass is 9.99. The van der Waals surface area contributed by atoms with Crippen LogP contribution in [0.25, 0.3) is 0 Å². The van der Waals surface area contributed by atoms with Crippen LogP contribution in [0.4, 0.5) is 18.9 Å². The van der Waals surface area contributed by atoms with E-state index in [9.17, 15) is 22.8 Å². The van der Waals surface area contributed by atoms with Crippen molar-refractivity contribution in [1.29, 1.82) is 0 Å². The molecule has 0 aliphatic heterocycles. The molecule has 0 unspecified atom stereocenters. The standard InChI is InChI=1S/C30H42F3N3O5/c1-6-22(19-34-24-15-14-23(18-26(24)39-4)41-16-10-13-27(37)40-5)35-29(38)25(17-20(2)3)36-28(30(31,32)33)21-11-8-7-9-12-21/h7-9,11-12,14-15,18,20,22,25,28,34,36H,6,10,13,16-17,19H2,1-5H3,(H,35,38)/t22-,25-,28-/m0/s1. The van der Waals surface area contributed by atoms with E-state index in [1.54, 1.807) is 36.4 Å². The Hall–Kier alpha value is -3.47. The molecule has 0 heterocycles. The van der Waals surface area contributed by atoms with Gasteiger partial charge in [0.2, 0.25) is 5.91 Å². The number of methoxy groups -OCH3 is 2. The summed E-state index contributed by atoms with van der Waals surface area (Å²) in [5.41, 5.74) is 0.721. The number of nitrogens with one attached hydrogen (secondary N) is 3. The number of halogens is 3. The van der Waals surface area contributed by atoms with Gasteiger partial charge in [0.15, 0.2) is 0 Å². The van der Waals surface area contributed by atoms with Gasteiger partial charge in [-0.25, -0.2) is 0 Å². The first-order chi connectivity index (χ1) is 19.5. The minimum absolute atomic E-state index is 0.00781. The molecule has 8 nitrogen and oxygen atoms in total. The van der Waals surface area contributed by atoms with Gasteiger partial charge in [-0.3, -0.25) is 14.9 Å². The largest absolute Gasteiger partial charge is 0.494 e. The summed E-state index contributed by atoms with van der Waals surface area (Å²) < 4.78 is 57.8. The fourth-order valence-corrected chi connectivity index (χ4v) is 4.20. The Bertz CT molecular complexity index is 1080. The van der Waals surface area contributed by atoms with Crippen molar-refractivity contribution < 1.29 is 37.0 Å². The van der Waals surface area contributed by atoms with E-state index < -0.39 is 24.2 Å². The van der Waals surface area contributed by atoms with Crippen molar-refractivity contribution in [2.24, 2.45) is 5.92 Å². The zero-order valence-electron chi connectivity index (χ0n) is 24.3. The summed E-state index contributed by atoms with van der Waals surface area (Å²) in [7, 11) is 2.86. The third kappa shape index (κ3) is 11.5. The molecule has 0 aliphatic rings. The van der Waals surface area contributed by atoms with Gasteiger partial charge in [0.1, 0.15) is 17.5 Å². The zero-order chi connectivity index (χ0) is 30.4. The highest BCUT2D eigenvalue weighted by molar-refractivity contribution is 5.82. The normalized spacial score (nSPS) is 13.7. The maximum atomic E-state index is 14.0. The monoisotopic (exact) mass is 581 g/mol. The fraction of sp³-hybridized carbons (Fsp3) is 0.533. The summed E-state index contributed by atoms with van der Waals surface area (Å²) in [6.07, 6.45) is -3.01. The molecule has 0 fully saturated rings. The van der Waals surface area contributed by atoms with Crippen LogP contribution >= 0.6 is 0 Å². The average Bonchev–Trinajstić information content (AvgIpc) is 2.94. The molecule has 0 spiro atoms. The average molecular weight is 582 g/mol. The van der Waals surface area contributed by atoms with Gasteiger partial charge in [-0.05, 0) is 42.9 Å². The van der Waals surface area contributed by atoms with Crippen molar-refractivity contribution in [3.8, 4) is 11.5 Å². The molecule has 2 aromatic carbocycles. The van der Waals surface area contributed by atoms with E-state index in [4.69, 9.17) is 9.47 Å². The minimum atomic E-state index is -4.57. The molecule has 11 heteroatoms. The van der Waals surface area contributed by atoms with Crippen LogP contribution in [0, 0.1) is 5.92 Å². The van der Waals surface area contributed by atoms with Crippen LogP contribution in [-0.4, -0.2) is 57.5 Å². The summed E-state index contributed by atoms with van der Waals surface area (Å²) >= 11 is 0. The lowest BCUT2D eigenvalue weighted by molar-refractivity contribution is -0.161. The molecular formula is C30H42F3N3O5. The molecule has 2 aromatic rings. The summed E-state index contributed by atoms with van der Waals surface area (Å²) in [5, 5.41) is 8.75. The molecule has 3 atom stereocenters. The highest BCUT2D eigenvalue weighted by atomic mass is 19.4. The Morgan fingerprint density at radius 2 is 1.73 bits per heavy atom. The summed E-state index contributed by atoms with van der Waals surface area (Å²) in [6.45, 7) is 6.28. The molecule has 0 aromatic heterocycles. The van der Waals surface area contributed by atoms with Crippen molar-refractivity contribution in [2.45, 2.75) is 70.8 Å². The predicted octanol–water partition coefficient (Wildman–Crippen LogP) is 5.64. The Kier molecular flexibility index (Phi) is 13.8. The summed E-state index contributed by atoms with van der Waals surface area (Å²) in [4.78, 5) is 24.5. The van der Waals surface area contributed by atoms with E-state index in [2.05, 4.69) is 20.7 Å². The Balaban J connectivity index is 2.05. The van der Waals surface area contributed by atoms with Gasteiger partial charge in [-0.2, -0.15) is 13.2 Å². The van der Waals surface area contributed by atoms with Gasteiger partial charge >= 0.3 is 12.1 Å². The molecule has 1 amide bonds. The van der Waals surface area contributed by atoms with Crippen LogP contribution in [0.3, 0.4) is 0 Å². The maximum absolute atomic E-state index is 14.0. The first-order valence-corrected chi connectivity index (χ1v) is 13.8. The van der Waals surface area contributed by atoms with E-state index in [1.807, 2.05) is 20.8 Å². The number of esters is 1. The lowest BCUT2D eigenvalue weighted by Crippen LogP contribution is -2.52. The van der Waals surface area contributed by atoms with Crippen molar-refractivity contribution in [2.75, 3.05) is 32.7 Å². The number of anilines is 1. The van der Waals surface area contributed by atoms with E-state index in [0.717, 1.165) is 0 Å². The van der Waals surface area contributed by atoms with Gasteiger partial charge in [0, 0.05) is 25.1 Å². The molecule has 0 bridgehead atoms. The number of hydrogen-bond donors (Lipinski definition) is 3. The molecule has 0 aliphatic carbocycles. The third-order valence-corrected chi connectivity index (χ3v) is 6.42. The van der Waals surface area contributed by atoms with Crippen LogP contribution in [-0.2, 0) is 14.3 Å². The van der Waals surface area contributed by atoms with Crippen molar-refractivity contribution in [3.05, 3.63) is 54.1 Å². The molecule has 3 N–H and O–H groups in total. The quantitative estimate of drug-likeness (QED) is 0.164. The van der Waals surface area contributed by atoms with E-state index in [-0.39, 0.29) is 36.3 Å². The summed E-state index contributed by atoms with van der Waals surface area (Å²) in [6, 6.07) is 9.43. The number of amides is 1. The van der Waals surface area contributed by atoms with E-state index in [0.29, 0.717) is 43.2 Å². The maximum Gasteiger partial charge on any atom is 0.407 e. The second kappa shape index (κ2) is 16.7. The van der Waals surface area contributed by atoms with E-state index >= 15 is 0 Å². The number of hydrogen-bond acceptors (Lipinski definition) is 7. The molecule has 41 heavy (non-hydrogen) atoms. The minimum Gasteiger partial charge on any atom is -0.494 e. The van der Waals surface area contributed by atoms with Crippen LogP contribution in [0.15, 0.2) is 48.5 Å². The molecule has 0 radical (unpaired) electrons. The van der Waals surface area contributed by atoms with E-state index in [1.165, 1.54) is 26.4 Å². The summed E-state index contributed by atoms with van der Waals surface area (Å²) in [5.74, 6) is 0.294. The van der Waals surface area contributed by atoms with Crippen LogP contribution < -0.4 is 25.4 Å². The topological polar surface area (TPSA) is 97.9 Å². The second-order valence-corrected chi connectivity index (χ2v) is 10.1. The Morgan fingerprint density at radius 3 is 2.32 bits per heavy atom. The third-order valence-electron chi connectivity index (χ3n) is 6.42. The molecule has 0 saturated carbocycles. The molecule has 228 valence electrons. The first kappa shape index (κ1) is 33.7. The number of carbonyl (C=O) groups is 2. The van der Waals surface area contributed by atoms with Gasteiger partial charge in [-0.15, -0.1) is 0 Å². The number of ether oxygens (including phenoxy) is 3. The smallest absolute Gasteiger partial charge is 0.407 e. The van der Waals surface area contributed by atoms with Crippen molar-refractivity contribution in [1.82, 2.24) is 10.6 Å². The van der Waals surface area contributed by atoms with Gasteiger partial charge < -0.3 is 24.8 Å². The van der Waals surface area contributed by atoms with Gasteiger partial charge in [0.05, 0.1) is 32.6 Å². The second-order valence-electron chi connectivity index (χ2n) is 10.1. The predicted molar refractivity (Wildman–Crippen MR) is 152 cm³/mol. The van der Waals surface area contributed by atoms with Crippen LogP contribution in [0.1, 0.15) is 58.1 Å². The number of benzene rings is 2. The van der Waals surface area contributed by atoms with Crippen molar-refractivity contribution >= 4 is 17.6 Å². The molecular weight excluding hydrogens is 539 g/mol. The Morgan fingerprint density at radius 1 is 1.02 bits per heavy atom. The molecule has 2 rings (SSSR count). The van der Waals surface area contributed by atoms with Crippen LogP contribution in [0.2, 0.25) is 0 Å². The first-order valence-electron chi connectivity index (χ1n) is 13.8. The fourth-order valence-electron chi connectivity index (χ4n) is 4.20. The van der Waals surface area contributed by atoms with Gasteiger partial charge in [-0.1, -0.05) is 51.1 Å². The Labute approximate surface area is 240 Å². The number of rotatable bonds is 17.